The highest BCUT2D eigenvalue weighted by Crippen LogP contribution is 2.37. The summed E-state index contributed by atoms with van der Waals surface area (Å²) in [6.45, 7) is 4.44. The van der Waals surface area contributed by atoms with Crippen molar-refractivity contribution in [2.45, 2.75) is 37.0 Å². The molecule has 36 heavy (non-hydrogen) atoms. The molecule has 2 heterocycles. The maximum absolute atomic E-state index is 13.0. The van der Waals surface area contributed by atoms with E-state index in [1.807, 2.05) is 61.5 Å². The number of thiophene rings is 1. The number of hydrogen-bond donors (Lipinski definition) is 3. The summed E-state index contributed by atoms with van der Waals surface area (Å²) >= 11 is 8.21. The molecule has 0 radical (unpaired) electrons. The maximum Gasteiger partial charge on any atom is 0.238 e. The number of para-hydroxylation sites is 1. The van der Waals surface area contributed by atoms with E-state index in [0.717, 1.165) is 26.7 Å². The minimum Gasteiger partial charge on any atom is -0.337 e. The molecule has 3 N–H and O–H groups in total. The Hall–Kier alpha value is -3.39. The zero-order valence-corrected chi connectivity index (χ0v) is 22.3. The topological polar surface area (TPSA) is 97.3 Å². The van der Waals surface area contributed by atoms with Gasteiger partial charge >= 0.3 is 0 Å². The van der Waals surface area contributed by atoms with E-state index in [9.17, 15) is 14.9 Å². The van der Waals surface area contributed by atoms with Gasteiger partial charge in [0.2, 0.25) is 11.8 Å². The number of carbonyl (C=O) groups excluding carboxylic acids is 2. The van der Waals surface area contributed by atoms with E-state index in [0.29, 0.717) is 35.2 Å². The summed E-state index contributed by atoms with van der Waals surface area (Å²) in [6, 6.07) is 19.6. The number of benzene rings is 2. The van der Waals surface area contributed by atoms with Crippen LogP contribution < -0.4 is 16.0 Å². The third-order valence-corrected chi connectivity index (χ3v) is 8.09. The molecule has 4 rings (SSSR count). The van der Waals surface area contributed by atoms with Gasteiger partial charge in [0.25, 0.3) is 0 Å². The fourth-order valence-electron chi connectivity index (χ4n) is 3.81. The molecule has 10 heteroatoms. The molecular formula is C26H25N5O2S3. The largest absolute Gasteiger partial charge is 0.337 e. The summed E-state index contributed by atoms with van der Waals surface area (Å²) in [4.78, 5) is 28.4. The lowest BCUT2D eigenvalue weighted by atomic mass is 10.0. The van der Waals surface area contributed by atoms with Gasteiger partial charge in [0.05, 0.1) is 17.4 Å². The normalized spacial score (nSPS) is 13.2. The van der Waals surface area contributed by atoms with Crippen molar-refractivity contribution in [1.29, 1.82) is 5.26 Å². The van der Waals surface area contributed by atoms with Crippen LogP contribution in [0.1, 0.15) is 29.9 Å². The molecule has 1 atom stereocenters. The van der Waals surface area contributed by atoms with Crippen molar-refractivity contribution in [1.82, 2.24) is 4.90 Å². The van der Waals surface area contributed by atoms with Gasteiger partial charge in [-0.1, -0.05) is 24.3 Å². The van der Waals surface area contributed by atoms with Gasteiger partial charge in [-0.15, -0.1) is 23.1 Å². The van der Waals surface area contributed by atoms with Gasteiger partial charge in [0.15, 0.2) is 5.11 Å². The van der Waals surface area contributed by atoms with Gasteiger partial charge in [0, 0.05) is 34.6 Å². The molecule has 0 saturated heterocycles. The average molecular weight is 536 g/mol. The monoisotopic (exact) mass is 535 g/mol. The van der Waals surface area contributed by atoms with Crippen LogP contribution in [-0.2, 0) is 22.6 Å². The Morgan fingerprint density at radius 1 is 1.11 bits per heavy atom. The number of amides is 2. The van der Waals surface area contributed by atoms with E-state index in [1.54, 1.807) is 11.8 Å². The Bertz CT molecular complexity index is 1330. The minimum absolute atomic E-state index is 0.0106. The molecule has 2 aromatic carbocycles. The molecule has 1 aliphatic rings. The van der Waals surface area contributed by atoms with Crippen LogP contribution >= 0.6 is 35.3 Å². The zero-order chi connectivity index (χ0) is 25.7. The van der Waals surface area contributed by atoms with E-state index in [4.69, 9.17) is 12.2 Å². The molecule has 0 fully saturated rings. The second-order valence-electron chi connectivity index (χ2n) is 8.23. The zero-order valence-electron chi connectivity index (χ0n) is 19.8. The fraction of sp³-hybridized carbons (Fsp3) is 0.231. The van der Waals surface area contributed by atoms with E-state index in [1.165, 1.54) is 23.1 Å². The summed E-state index contributed by atoms with van der Waals surface area (Å²) in [7, 11) is 0. The lowest BCUT2D eigenvalue weighted by Crippen LogP contribution is -2.33. The van der Waals surface area contributed by atoms with Crippen LogP contribution in [0, 0.1) is 11.3 Å². The summed E-state index contributed by atoms with van der Waals surface area (Å²) in [6.07, 6.45) is 0.620. The highest BCUT2D eigenvalue weighted by molar-refractivity contribution is 8.00. The van der Waals surface area contributed by atoms with Crippen LogP contribution in [0.25, 0.3) is 0 Å². The molecule has 2 amide bonds. The van der Waals surface area contributed by atoms with Crippen molar-refractivity contribution in [2.75, 3.05) is 22.5 Å². The van der Waals surface area contributed by atoms with Gasteiger partial charge in [-0.2, -0.15) is 5.26 Å². The minimum atomic E-state index is -0.394. The van der Waals surface area contributed by atoms with Crippen molar-refractivity contribution in [3.05, 3.63) is 70.6 Å². The number of nitrogens with one attached hydrogen (secondary N) is 3. The number of nitrogens with zero attached hydrogens (tertiary/aromatic N) is 2. The number of nitriles is 1. The van der Waals surface area contributed by atoms with Gasteiger partial charge in [-0.25, -0.2) is 0 Å². The smallest absolute Gasteiger partial charge is 0.238 e. The number of anilines is 3. The van der Waals surface area contributed by atoms with Crippen LogP contribution in [-0.4, -0.2) is 33.6 Å². The molecule has 0 bridgehead atoms. The Labute approximate surface area is 223 Å². The number of thiocarbonyl (C=S) groups is 1. The third kappa shape index (κ3) is 6.23. The molecular weight excluding hydrogens is 511 g/mol. The highest BCUT2D eigenvalue weighted by Gasteiger charge is 2.27. The Morgan fingerprint density at radius 2 is 1.83 bits per heavy atom. The summed E-state index contributed by atoms with van der Waals surface area (Å²) in [5, 5.41) is 19.6. The van der Waals surface area contributed by atoms with Crippen LogP contribution in [0.2, 0.25) is 0 Å². The first-order valence-electron chi connectivity index (χ1n) is 11.3. The number of thioether (sulfide) groups is 1. The number of fused-ring (bicyclic) bond motifs is 1. The molecule has 0 saturated carbocycles. The van der Waals surface area contributed by atoms with E-state index in [2.05, 4.69) is 22.0 Å². The van der Waals surface area contributed by atoms with Crippen molar-refractivity contribution >= 4 is 68.6 Å². The molecule has 3 aromatic rings. The quantitative estimate of drug-likeness (QED) is 0.285. The van der Waals surface area contributed by atoms with Crippen LogP contribution in [0.3, 0.4) is 0 Å². The summed E-state index contributed by atoms with van der Waals surface area (Å²) in [5.74, 6) is -0.172. The molecule has 0 aliphatic carbocycles. The van der Waals surface area contributed by atoms with Gasteiger partial charge in [-0.3, -0.25) is 9.59 Å². The number of rotatable bonds is 6. The van der Waals surface area contributed by atoms with Gasteiger partial charge < -0.3 is 20.9 Å². The number of hydrogen-bond acceptors (Lipinski definition) is 6. The van der Waals surface area contributed by atoms with Crippen molar-refractivity contribution in [3.63, 3.8) is 0 Å². The van der Waals surface area contributed by atoms with E-state index < -0.39 is 5.25 Å². The van der Waals surface area contributed by atoms with Crippen LogP contribution in [0.15, 0.2) is 59.5 Å². The first-order chi connectivity index (χ1) is 17.3. The Balaban J connectivity index is 1.38. The maximum atomic E-state index is 13.0. The molecule has 1 aliphatic heterocycles. The molecule has 7 nitrogen and oxygen atoms in total. The average Bonchev–Trinajstić information content (AvgIpc) is 3.20. The first-order valence-corrected chi connectivity index (χ1v) is 13.4. The number of carbonyl (C=O) groups is 2. The van der Waals surface area contributed by atoms with E-state index in [-0.39, 0.29) is 11.8 Å². The van der Waals surface area contributed by atoms with Crippen molar-refractivity contribution in [2.24, 2.45) is 0 Å². The second-order valence-corrected chi connectivity index (χ2v) is 11.2. The lowest BCUT2D eigenvalue weighted by molar-refractivity contribution is -0.129. The summed E-state index contributed by atoms with van der Waals surface area (Å²) < 4.78 is 0. The van der Waals surface area contributed by atoms with Gasteiger partial charge in [0.1, 0.15) is 11.1 Å². The Kier molecular flexibility index (Phi) is 8.25. The van der Waals surface area contributed by atoms with Crippen LogP contribution in [0.4, 0.5) is 16.4 Å². The summed E-state index contributed by atoms with van der Waals surface area (Å²) in [5.41, 5.74) is 3.16. The van der Waals surface area contributed by atoms with Crippen molar-refractivity contribution < 1.29 is 9.59 Å². The lowest BCUT2D eigenvalue weighted by Gasteiger charge is -2.25. The van der Waals surface area contributed by atoms with Crippen molar-refractivity contribution in [3.8, 4) is 6.07 Å². The fourth-order valence-corrected chi connectivity index (χ4v) is 6.19. The molecule has 1 aromatic heterocycles. The second kappa shape index (κ2) is 11.6. The predicted molar refractivity (Wildman–Crippen MR) is 151 cm³/mol. The Morgan fingerprint density at radius 3 is 2.56 bits per heavy atom. The highest BCUT2D eigenvalue weighted by atomic mass is 32.2. The van der Waals surface area contributed by atoms with E-state index >= 15 is 0 Å². The molecule has 184 valence electrons. The molecule has 1 unspecified atom stereocenters. The molecule has 0 spiro atoms. The first kappa shape index (κ1) is 25.7. The predicted octanol–water partition coefficient (Wildman–Crippen LogP) is 5.45. The van der Waals surface area contributed by atoms with Gasteiger partial charge in [-0.05, 0) is 61.5 Å². The standard InChI is InChI=1S/C26H25N5O2S3/c1-16(24(33)30-25-22(14-27)21-11-12-31(17(2)32)15-23(21)36-25)35-20-10-6-9-19(13-20)29-26(34)28-18-7-4-3-5-8-18/h3-10,13,16H,11-12,15H2,1-2H3,(H,30,33)(H2,28,29,34). The third-order valence-electron chi connectivity index (χ3n) is 5.66. The van der Waals surface area contributed by atoms with Crippen LogP contribution in [0.5, 0.6) is 0 Å². The SMILES string of the molecule is CC(=O)N1CCc2c(sc(NC(=O)C(C)Sc3cccc(NC(=S)Nc4ccccc4)c3)c2C#N)C1.